The Kier molecular flexibility index (Phi) is 5.02. The summed E-state index contributed by atoms with van der Waals surface area (Å²) < 4.78 is 11.4. The zero-order chi connectivity index (χ0) is 19.5. The quantitative estimate of drug-likeness (QED) is 0.676. The third kappa shape index (κ3) is 4.01. The van der Waals surface area contributed by atoms with Crippen LogP contribution in [-0.4, -0.2) is 23.0 Å². The minimum atomic E-state index is -0.803. The predicted molar refractivity (Wildman–Crippen MR) is 103 cm³/mol. The van der Waals surface area contributed by atoms with Crippen LogP contribution in [0.15, 0.2) is 59.0 Å². The fraction of sp³-hybridized carbons (Fsp3) is 0.273. The van der Waals surface area contributed by atoms with E-state index in [2.05, 4.69) is 5.32 Å². The van der Waals surface area contributed by atoms with Gasteiger partial charge in [0.1, 0.15) is 18.1 Å². The Morgan fingerprint density at radius 1 is 1.07 bits per heavy atom. The SMILES string of the molecule is O=C(N[C@H]1CC[C@@H](C(=O)O)C1)c1ccc(COc2ccc3ccccc3c2)o1. The first-order valence-electron chi connectivity index (χ1n) is 9.32. The molecule has 1 amide bonds. The number of rotatable bonds is 6. The van der Waals surface area contributed by atoms with E-state index in [0.717, 1.165) is 16.5 Å². The van der Waals surface area contributed by atoms with E-state index in [0.29, 0.717) is 25.0 Å². The van der Waals surface area contributed by atoms with E-state index < -0.39 is 5.97 Å². The zero-order valence-corrected chi connectivity index (χ0v) is 15.3. The first-order valence-corrected chi connectivity index (χ1v) is 9.32. The molecule has 0 radical (unpaired) electrons. The van der Waals surface area contributed by atoms with Gasteiger partial charge in [-0.2, -0.15) is 0 Å². The third-order valence-corrected chi connectivity index (χ3v) is 5.10. The number of benzene rings is 2. The van der Waals surface area contributed by atoms with Crippen LogP contribution in [0.1, 0.15) is 35.6 Å². The molecule has 28 heavy (non-hydrogen) atoms. The number of furan rings is 1. The number of aliphatic carboxylic acids is 1. The van der Waals surface area contributed by atoms with Gasteiger partial charge in [-0.25, -0.2) is 0 Å². The number of hydrogen-bond acceptors (Lipinski definition) is 4. The van der Waals surface area contributed by atoms with Crippen LogP contribution < -0.4 is 10.1 Å². The van der Waals surface area contributed by atoms with Crippen molar-refractivity contribution >= 4 is 22.6 Å². The maximum atomic E-state index is 12.3. The first-order chi connectivity index (χ1) is 13.6. The predicted octanol–water partition coefficient (Wildman–Crippen LogP) is 3.99. The number of ether oxygens (including phenoxy) is 1. The second-order valence-electron chi connectivity index (χ2n) is 7.08. The molecule has 1 saturated carbocycles. The van der Waals surface area contributed by atoms with Gasteiger partial charge in [0.05, 0.1) is 5.92 Å². The molecule has 4 rings (SSSR count). The Bertz CT molecular complexity index is 1010. The van der Waals surface area contributed by atoms with Crippen LogP contribution in [-0.2, 0) is 11.4 Å². The molecule has 6 heteroatoms. The lowest BCUT2D eigenvalue weighted by atomic mass is 10.1. The number of carbonyl (C=O) groups is 2. The lowest BCUT2D eigenvalue weighted by molar-refractivity contribution is -0.141. The maximum absolute atomic E-state index is 12.3. The summed E-state index contributed by atoms with van der Waals surface area (Å²) in [5.74, 6) is -0.0283. The van der Waals surface area contributed by atoms with Crippen molar-refractivity contribution < 1.29 is 23.8 Å². The van der Waals surface area contributed by atoms with Crippen molar-refractivity contribution in [3.05, 3.63) is 66.1 Å². The van der Waals surface area contributed by atoms with Gasteiger partial charge in [0.15, 0.2) is 5.76 Å². The lowest BCUT2D eigenvalue weighted by Crippen LogP contribution is -2.33. The summed E-state index contributed by atoms with van der Waals surface area (Å²) in [5.41, 5.74) is 0. The molecule has 0 bridgehead atoms. The third-order valence-electron chi connectivity index (χ3n) is 5.10. The van der Waals surface area contributed by atoms with Crippen LogP contribution in [0.4, 0.5) is 0 Å². The molecule has 1 fully saturated rings. The monoisotopic (exact) mass is 379 g/mol. The normalized spacial score (nSPS) is 18.9. The highest BCUT2D eigenvalue weighted by atomic mass is 16.5. The van der Waals surface area contributed by atoms with Crippen LogP contribution in [0.5, 0.6) is 5.75 Å². The molecule has 2 N–H and O–H groups in total. The minimum absolute atomic E-state index is 0.129. The summed E-state index contributed by atoms with van der Waals surface area (Å²) in [7, 11) is 0. The highest BCUT2D eigenvalue weighted by molar-refractivity contribution is 5.91. The van der Waals surface area contributed by atoms with Crippen molar-refractivity contribution in [2.75, 3.05) is 0 Å². The number of carboxylic acids is 1. The Balaban J connectivity index is 1.33. The number of carboxylic acid groups (broad SMARTS) is 1. The van der Waals surface area contributed by atoms with Gasteiger partial charge < -0.3 is 19.6 Å². The molecule has 0 saturated heterocycles. The molecule has 1 heterocycles. The minimum Gasteiger partial charge on any atom is -0.486 e. The van der Waals surface area contributed by atoms with Crippen molar-refractivity contribution in [1.82, 2.24) is 5.32 Å². The molecule has 6 nitrogen and oxygen atoms in total. The van der Waals surface area contributed by atoms with Crippen LogP contribution in [0, 0.1) is 5.92 Å². The Morgan fingerprint density at radius 3 is 2.68 bits per heavy atom. The molecule has 3 aromatic rings. The number of fused-ring (bicyclic) bond motifs is 1. The lowest BCUT2D eigenvalue weighted by Gasteiger charge is -2.11. The highest BCUT2D eigenvalue weighted by Crippen LogP contribution is 2.26. The van der Waals surface area contributed by atoms with Gasteiger partial charge in [-0.05, 0) is 54.3 Å². The van der Waals surface area contributed by atoms with Crippen LogP contribution >= 0.6 is 0 Å². The van der Waals surface area contributed by atoms with E-state index in [4.69, 9.17) is 14.3 Å². The van der Waals surface area contributed by atoms with Gasteiger partial charge in [0, 0.05) is 6.04 Å². The molecule has 2 aromatic carbocycles. The number of hydrogen-bond donors (Lipinski definition) is 2. The molecule has 1 aliphatic carbocycles. The van der Waals surface area contributed by atoms with Crippen molar-refractivity contribution in [2.24, 2.45) is 5.92 Å². The number of nitrogens with one attached hydrogen (secondary N) is 1. The Morgan fingerprint density at radius 2 is 1.89 bits per heavy atom. The maximum Gasteiger partial charge on any atom is 0.306 e. The van der Waals surface area contributed by atoms with Gasteiger partial charge in [-0.15, -0.1) is 0 Å². The van der Waals surface area contributed by atoms with Crippen LogP contribution in [0.25, 0.3) is 10.8 Å². The largest absolute Gasteiger partial charge is 0.486 e. The Hall–Kier alpha value is -3.28. The second-order valence-corrected chi connectivity index (χ2v) is 7.08. The molecule has 0 unspecified atom stereocenters. The van der Waals surface area contributed by atoms with Crippen LogP contribution in [0.3, 0.4) is 0 Å². The van der Waals surface area contributed by atoms with E-state index >= 15 is 0 Å². The van der Waals surface area contributed by atoms with Crippen molar-refractivity contribution in [1.29, 1.82) is 0 Å². The summed E-state index contributed by atoms with van der Waals surface area (Å²) in [6, 6.07) is 17.1. The molecular formula is C22H21NO5. The summed E-state index contributed by atoms with van der Waals surface area (Å²) in [6.07, 6.45) is 1.71. The van der Waals surface area contributed by atoms with Gasteiger partial charge in [0.2, 0.25) is 0 Å². The van der Waals surface area contributed by atoms with Gasteiger partial charge in [-0.3, -0.25) is 9.59 Å². The summed E-state index contributed by atoms with van der Waals surface area (Å²) >= 11 is 0. The van der Waals surface area contributed by atoms with Crippen molar-refractivity contribution in [2.45, 2.75) is 31.9 Å². The van der Waals surface area contributed by atoms with E-state index in [-0.39, 0.29) is 30.2 Å². The van der Waals surface area contributed by atoms with E-state index in [1.807, 2.05) is 42.5 Å². The molecule has 1 aromatic heterocycles. The molecule has 2 atom stereocenters. The standard InChI is InChI=1S/C22H21NO5/c24-21(23-17-7-5-16(11-17)22(25)26)20-10-9-19(28-20)13-27-18-8-6-14-3-1-2-4-15(14)12-18/h1-4,6,8-10,12,16-17H,5,7,11,13H2,(H,23,24)(H,25,26)/t16-,17+/m1/s1. The molecule has 0 aliphatic heterocycles. The average Bonchev–Trinajstić information content (AvgIpc) is 3.36. The summed E-state index contributed by atoms with van der Waals surface area (Å²) in [5, 5.41) is 14.1. The number of carbonyl (C=O) groups excluding carboxylic acids is 1. The van der Waals surface area contributed by atoms with E-state index in [1.54, 1.807) is 12.1 Å². The summed E-state index contributed by atoms with van der Waals surface area (Å²) in [6.45, 7) is 0.218. The molecule has 1 aliphatic rings. The van der Waals surface area contributed by atoms with Crippen LogP contribution in [0.2, 0.25) is 0 Å². The second kappa shape index (κ2) is 7.76. The van der Waals surface area contributed by atoms with Gasteiger partial charge in [0.25, 0.3) is 5.91 Å². The van der Waals surface area contributed by atoms with Crippen molar-refractivity contribution in [3.63, 3.8) is 0 Å². The fourth-order valence-electron chi connectivity index (χ4n) is 3.58. The van der Waals surface area contributed by atoms with Crippen molar-refractivity contribution in [3.8, 4) is 5.75 Å². The zero-order valence-electron chi connectivity index (χ0n) is 15.3. The average molecular weight is 379 g/mol. The first kappa shape index (κ1) is 18.1. The van der Waals surface area contributed by atoms with Gasteiger partial charge >= 0.3 is 5.97 Å². The highest BCUT2D eigenvalue weighted by Gasteiger charge is 2.31. The van der Waals surface area contributed by atoms with E-state index in [9.17, 15) is 9.59 Å². The topological polar surface area (TPSA) is 88.8 Å². The van der Waals surface area contributed by atoms with E-state index in [1.165, 1.54) is 0 Å². The molecule has 144 valence electrons. The fourth-order valence-corrected chi connectivity index (χ4v) is 3.58. The molecular weight excluding hydrogens is 358 g/mol. The number of amides is 1. The summed E-state index contributed by atoms with van der Waals surface area (Å²) in [4.78, 5) is 23.3. The smallest absolute Gasteiger partial charge is 0.306 e. The van der Waals surface area contributed by atoms with Gasteiger partial charge in [-0.1, -0.05) is 30.3 Å². The Labute approximate surface area is 162 Å². The molecule has 0 spiro atoms.